The predicted molar refractivity (Wildman–Crippen MR) is 137 cm³/mol. The van der Waals surface area contributed by atoms with Gasteiger partial charge < -0.3 is 19.9 Å². The number of fused-ring (bicyclic) bond motifs is 1. The average molecular weight is 543 g/mol. The zero-order chi connectivity index (χ0) is 20.9. The number of likely N-dealkylation sites (tertiary alicyclic amines) is 1. The smallest absolute Gasteiger partial charge is 0.194 e. The number of hydrogen-bond acceptors (Lipinski definition) is 5. The third-order valence-electron chi connectivity index (χ3n) is 6.71. The highest BCUT2D eigenvalue weighted by Gasteiger charge is 2.41. The first-order valence-electron chi connectivity index (χ1n) is 11.5. The molecular formula is C23H39IN6O. The lowest BCUT2D eigenvalue weighted by atomic mass is 10.1. The van der Waals surface area contributed by atoms with E-state index in [1.165, 1.54) is 5.56 Å². The molecule has 3 unspecified atom stereocenters. The molecule has 174 valence electrons. The lowest BCUT2D eigenvalue weighted by Crippen LogP contribution is -2.52. The summed E-state index contributed by atoms with van der Waals surface area (Å²) in [5, 5.41) is 3.53. The number of guanidine groups is 1. The molecule has 0 bridgehead atoms. The first kappa shape index (κ1) is 24.7. The molecule has 0 amide bonds. The van der Waals surface area contributed by atoms with Crippen molar-refractivity contribution in [1.29, 1.82) is 0 Å². The standard InChI is InChI=1S/C23H38N6O.HI/c1-4-24-23(25-14-20-16-26(2)10-11-27(20)3)29-17-21-22(18-29)30-13-12-28(21)15-19-8-6-5-7-9-19;/h5-9,20-22H,4,10-18H2,1-3H3,(H,24,25);1H. The van der Waals surface area contributed by atoms with E-state index in [2.05, 4.69) is 76.3 Å². The quantitative estimate of drug-likeness (QED) is 0.345. The molecule has 1 aromatic carbocycles. The van der Waals surface area contributed by atoms with Crippen molar-refractivity contribution in [2.24, 2.45) is 4.99 Å². The summed E-state index contributed by atoms with van der Waals surface area (Å²) in [4.78, 5) is 14.9. The first-order valence-corrected chi connectivity index (χ1v) is 11.5. The van der Waals surface area contributed by atoms with Crippen LogP contribution in [0.3, 0.4) is 0 Å². The second-order valence-electron chi connectivity index (χ2n) is 8.93. The van der Waals surface area contributed by atoms with Crippen LogP contribution in [-0.4, -0.2) is 117 Å². The Balaban J connectivity index is 0.00000272. The molecule has 7 nitrogen and oxygen atoms in total. The molecule has 3 atom stereocenters. The molecule has 0 aliphatic carbocycles. The van der Waals surface area contributed by atoms with Crippen LogP contribution in [0, 0.1) is 0 Å². The third kappa shape index (κ3) is 6.31. The number of ether oxygens (including phenoxy) is 1. The monoisotopic (exact) mass is 542 g/mol. The van der Waals surface area contributed by atoms with Crippen molar-refractivity contribution in [2.45, 2.75) is 31.7 Å². The summed E-state index contributed by atoms with van der Waals surface area (Å²) in [6, 6.07) is 11.7. The Morgan fingerprint density at radius 2 is 1.90 bits per heavy atom. The van der Waals surface area contributed by atoms with E-state index in [9.17, 15) is 0 Å². The van der Waals surface area contributed by atoms with Gasteiger partial charge in [-0.2, -0.15) is 0 Å². The van der Waals surface area contributed by atoms with Crippen LogP contribution in [0.1, 0.15) is 12.5 Å². The van der Waals surface area contributed by atoms with E-state index in [-0.39, 0.29) is 30.1 Å². The van der Waals surface area contributed by atoms with Crippen LogP contribution in [0.5, 0.6) is 0 Å². The molecule has 0 spiro atoms. The highest BCUT2D eigenvalue weighted by Crippen LogP contribution is 2.24. The summed E-state index contributed by atoms with van der Waals surface area (Å²) >= 11 is 0. The summed E-state index contributed by atoms with van der Waals surface area (Å²) in [5.74, 6) is 1.04. The van der Waals surface area contributed by atoms with Gasteiger partial charge in [-0.1, -0.05) is 30.3 Å². The van der Waals surface area contributed by atoms with E-state index in [1.807, 2.05) is 0 Å². The Morgan fingerprint density at radius 1 is 1.10 bits per heavy atom. The lowest BCUT2D eigenvalue weighted by molar-refractivity contribution is -0.0502. The Kier molecular flexibility index (Phi) is 9.39. The Labute approximate surface area is 204 Å². The lowest BCUT2D eigenvalue weighted by Gasteiger charge is -2.37. The van der Waals surface area contributed by atoms with Crippen molar-refractivity contribution < 1.29 is 4.74 Å². The largest absolute Gasteiger partial charge is 0.373 e. The number of rotatable bonds is 5. The number of hydrogen-bond donors (Lipinski definition) is 1. The van der Waals surface area contributed by atoms with Crippen molar-refractivity contribution in [2.75, 3.05) is 73.1 Å². The van der Waals surface area contributed by atoms with Crippen LogP contribution < -0.4 is 5.32 Å². The van der Waals surface area contributed by atoms with Crippen LogP contribution in [0.25, 0.3) is 0 Å². The number of benzene rings is 1. The zero-order valence-electron chi connectivity index (χ0n) is 19.2. The van der Waals surface area contributed by atoms with Gasteiger partial charge in [0.25, 0.3) is 0 Å². The van der Waals surface area contributed by atoms with Gasteiger partial charge in [0.05, 0.1) is 25.3 Å². The van der Waals surface area contributed by atoms with Crippen LogP contribution in [0.2, 0.25) is 0 Å². The van der Waals surface area contributed by atoms with Gasteiger partial charge in [0.2, 0.25) is 0 Å². The summed E-state index contributed by atoms with van der Waals surface area (Å²) < 4.78 is 6.17. The molecule has 3 fully saturated rings. The van der Waals surface area contributed by atoms with Crippen LogP contribution in [-0.2, 0) is 11.3 Å². The molecule has 1 aromatic rings. The van der Waals surface area contributed by atoms with E-state index in [0.717, 1.165) is 71.5 Å². The summed E-state index contributed by atoms with van der Waals surface area (Å²) in [6.45, 7) is 11.9. The van der Waals surface area contributed by atoms with E-state index >= 15 is 0 Å². The van der Waals surface area contributed by atoms with Crippen LogP contribution in [0.15, 0.2) is 35.3 Å². The van der Waals surface area contributed by atoms with Crippen molar-refractivity contribution >= 4 is 29.9 Å². The minimum atomic E-state index is 0. The topological polar surface area (TPSA) is 46.6 Å². The third-order valence-corrected chi connectivity index (χ3v) is 6.71. The predicted octanol–water partition coefficient (Wildman–Crippen LogP) is 1.40. The van der Waals surface area contributed by atoms with Gasteiger partial charge in [-0.25, -0.2) is 0 Å². The van der Waals surface area contributed by atoms with Gasteiger partial charge in [0.15, 0.2) is 5.96 Å². The molecular weight excluding hydrogens is 503 g/mol. The fourth-order valence-corrected chi connectivity index (χ4v) is 4.86. The highest BCUT2D eigenvalue weighted by atomic mass is 127. The number of likely N-dealkylation sites (N-methyl/N-ethyl adjacent to an activating group) is 2. The summed E-state index contributed by atoms with van der Waals surface area (Å²) in [6.07, 6.45) is 0.259. The van der Waals surface area contributed by atoms with Crippen molar-refractivity contribution in [3.8, 4) is 0 Å². The van der Waals surface area contributed by atoms with E-state index < -0.39 is 0 Å². The number of nitrogens with one attached hydrogen (secondary N) is 1. The highest BCUT2D eigenvalue weighted by molar-refractivity contribution is 14.0. The number of piperazine rings is 1. The second kappa shape index (κ2) is 11.8. The number of morpholine rings is 1. The van der Waals surface area contributed by atoms with E-state index in [1.54, 1.807) is 0 Å². The Hall–Kier alpha value is -0.940. The summed E-state index contributed by atoms with van der Waals surface area (Å²) in [5.41, 5.74) is 1.38. The number of halogens is 1. The van der Waals surface area contributed by atoms with Gasteiger partial charge in [-0.15, -0.1) is 24.0 Å². The molecule has 3 heterocycles. The maximum absolute atomic E-state index is 6.17. The number of aliphatic imine (C=N–C) groups is 1. The van der Waals surface area contributed by atoms with Crippen LogP contribution in [0.4, 0.5) is 0 Å². The van der Waals surface area contributed by atoms with Gasteiger partial charge in [-0.05, 0) is 26.6 Å². The Bertz CT molecular complexity index is 705. The Morgan fingerprint density at radius 3 is 2.68 bits per heavy atom. The van der Waals surface area contributed by atoms with Gasteiger partial charge >= 0.3 is 0 Å². The molecule has 3 saturated heterocycles. The molecule has 1 N–H and O–H groups in total. The fourth-order valence-electron chi connectivity index (χ4n) is 4.86. The zero-order valence-corrected chi connectivity index (χ0v) is 21.6. The molecule has 31 heavy (non-hydrogen) atoms. The number of nitrogens with zero attached hydrogens (tertiary/aromatic N) is 5. The SMILES string of the molecule is CCNC(=NCC1CN(C)CCN1C)N1CC2OCCN(Cc3ccccc3)C2C1.I. The average Bonchev–Trinajstić information content (AvgIpc) is 3.19. The molecule has 3 aliphatic heterocycles. The minimum Gasteiger partial charge on any atom is -0.373 e. The van der Waals surface area contributed by atoms with Gasteiger partial charge in [0, 0.05) is 58.4 Å². The normalized spacial score (nSPS) is 28.3. The second-order valence-corrected chi connectivity index (χ2v) is 8.93. The molecule has 4 rings (SSSR count). The first-order chi connectivity index (χ1) is 14.6. The van der Waals surface area contributed by atoms with Crippen molar-refractivity contribution in [1.82, 2.24) is 24.9 Å². The van der Waals surface area contributed by atoms with Gasteiger partial charge in [0.1, 0.15) is 0 Å². The van der Waals surface area contributed by atoms with Gasteiger partial charge in [-0.3, -0.25) is 14.8 Å². The van der Waals surface area contributed by atoms with Crippen molar-refractivity contribution in [3.63, 3.8) is 0 Å². The van der Waals surface area contributed by atoms with E-state index in [4.69, 9.17) is 9.73 Å². The maximum Gasteiger partial charge on any atom is 0.194 e. The molecule has 0 aromatic heterocycles. The summed E-state index contributed by atoms with van der Waals surface area (Å²) in [7, 11) is 4.43. The maximum atomic E-state index is 6.17. The molecule has 0 radical (unpaired) electrons. The fraction of sp³-hybridized carbons (Fsp3) is 0.696. The molecule has 3 aliphatic rings. The molecule has 8 heteroatoms. The minimum absolute atomic E-state index is 0. The van der Waals surface area contributed by atoms with Crippen LogP contribution >= 0.6 is 24.0 Å². The molecule has 0 saturated carbocycles. The van der Waals surface area contributed by atoms with Crippen molar-refractivity contribution in [3.05, 3.63) is 35.9 Å². The van der Waals surface area contributed by atoms with E-state index in [0.29, 0.717) is 12.1 Å².